The maximum Gasteiger partial charge on any atom is 0.0505 e. The minimum atomic E-state index is 0. The smallest absolute Gasteiger partial charge is 0.0505 e. The Hall–Kier alpha value is -0.526. The second kappa shape index (κ2) is 3.92. The van der Waals surface area contributed by atoms with E-state index in [0.717, 1.165) is 0 Å². The van der Waals surface area contributed by atoms with Gasteiger partial charge in [0.1, 0.15) is 0 Å². The van der Waals surface area contributed by atoms with Crippen LogP contribution in [0.5, 0.6) is 0 Å². The van der Waals surface area contributed by atoms with Crippen LogP contribution in [0.2, 0.25) is 0 Å². The first-order valence-corrected chi connectivity index (χ1v) is 4.65. The molecule has 1 heterocycles. The van der Waals surface area contributed by atoms with Crippen LogP contribution in [-0.4, -0.2) is 5.54 Å². The first-order valence-electron chi connectivity index (χ1n) is 4.65. The molecule has 1 N–H and O–H groups in total. The van der Waals surface area contributed by atoms with Crippen molar-refractivity contribution < 1.29 is 21.7 Å². The van der Waals surface area contributed by atoms with Crippen LogP contribution in [0, 0.1) is 0 Å². The maximum absolute atomic E-state index is 3.49. The topological polar surface area (TPSA) is 12.0 Å². The van der Waals surface area contributed by atoms with E-state index in [-0.39, 0.29) is 27.3 Å². The zero-order chi connectivity index (χ0) is 9.47. The van der Waals surface area contributed by atoms with Crippen LogP contribution in [0.3, 0.4) is 0 Å². The van der Waals surface area contributed by atoms with E-state index in [9.17, 15) is 0 Å². The Balaban J connectivity index is 0.000000980. The quantitative estimate of drug-likeness (QED) is 0.663. The van der Waals surface area contributed by atoms with Crippen LogP contribution in [0.25, 0.3) is 5.57 Å². The Labute approximate surface area is 100 Å². The number of anilines is 1. The molecule has 0 atom stereocenters. The van der Waals surface area contributed by atoms with E-state index in [4.69, 9.17) is 0 Å². The molecule has 0 spiro atoms. The van der Waals surface area contributed by atoms with E-state index in [2.05, 4.69) is 56.4 Å². The third-order valence-corrected chi connectivity index (χ3v) is 2.39. The van der Waals surface area contributed by atoms with Crippen LogP contribution in [0.4, 0.5) is 5.69 Å². The number of para-hydroxylation sites is 1. The molecule has 0 saturated heterocycles. The van der Waals surface area contributed by atoms with Crippen molar-refractivity contribution >= 4 is 11.3 Å². The van der Waals surface area contributed by atoms with Gasteiger partial charge in [-0.1, -0.05) is 24.3 Å². The van der Waals surface area contributed by atoms with Crippen molar-refractivity contribution in [2.75, 3.05) is 5.32 Å². The molecule has 1 aromatic carbocycles. The second-order valence-electron chi connectivity index (χ2n) is 4.22. The zero-order valence-corrected chi connectivity index (χ0v) is 10.4. The average molecular weight is 221 g/mol. The summed E-state index contributed by atoms with van der Waals surface area (Å²) < 4.78 is 0. The molecule has 0 unspecified atom stereocenters. The molecule has 1 aliphatic heterocycles. The first kappa shape index (κ1) is 11.5. The molecule has 2 heteroatoms. The molecule has 1 aromatic rings. The number of allylic oxidation sites excluding steroid dienone is 1. The maximum atomic E-state index is 3.49. The molecular weight excluding hydrogens is 206 g/mol. The van der Waals surface area contributed by atoms with Gasteiger partial charge in [-0.3, -0.25) is 0 Å². The van der Waals surface area contributed by atoms with Crippen LogP contribution >= 0.6 is 0 Å². The summed E-state index contributed by atoms with van der Waals surface area (Å²) in [5, 5.41) is 3.49. The summed E-state index contributed by atoms with van der Waals surface area (Å²) in [4.78, 5) is 0. The molecule has 0 radical (unpaired) electrons. The molecule has 0 saturated carbocycles. The van der Waals surface area contributed by atoms with Gasteiger partial charge >= 0.3 is 0 Å². The monoisotopic (exact) mass is 221 g/mol. The molecule has 0 fully saturated rings. The summed E-state index contributed by atoms with van der Waals surface area (Å²) in [6.07, 6.45) is 2.27. The minimum absolute atomic E-state index is 0. The van der Waals surface area contributed by atoms with Gasteiger partial charge in [-0.2, -0.15) is 0 Å². The summed E-state index contributed by atoms with van der Waals surface area (Å²) in [7, 11) is 0. The van der Waals surface area contributed by atoms with Gasteiger partial charge in [0.2, 0.25) is 0 Å². The number of rotatable bonds is 0. The van der Waals surface area contributed by atoms with Crippen LogP contribution in [0.1, 0.15) is 26.3 Å². The normalized spacial score (nSPS) is 17.2. The number of hydrogen-bond donors (Lipinski definition) is 1. The zero-order valence-electron chi connectivity index (χ0n) is 8.89. The van der Waals surface area contributed by atoms with Crippen molar-refractivity contribution in [1.29, 1.82) is 0 Å². The van der Waals surface area contributed by atoms with Gasteiger partial charge in [-0.15, -0.1) is 0 Å². The Morgan fingerprint density at radius 2 is 1.79 bits per heavy atom. The Morgan fingerprint density at radius 3 is 2.50 bits per heavy atom. The largest absolute Gasteiger partial charge is 0.376 e. The second-order valence-corrected chi connectivity index (χ2v) is 4.22. The number of nitrogens with one attached hydrogen (secondary N) is 1. The molecule has 0 aliphatic carbocycles. The van der Waals surface area contributed by atoms with Crippen molar-refractivity contribution in [1.82, 2.24) is 0 Å². The Bertz CT molecular complexity index is 366. The van der Waals surface area contributed by atoms with Crippen LogP contribution < -0.4 is 5.32 Å². The minimum Gasteiger partial charge on any atom is -0.376 e. The molecule has 2 rings (SSSR count). The molecule has 72 valence electrons. The number of hydrogen-bond acceptors (Lipinski definition) is 1. The molecule has 1 aliphatic rings. The molecule has 0 aromatic heterocycles. The van der Waals surface area contributed by atoms with Gasteiger partial charge in [0.25, 0.3) is 0 Å². The van der Waals surface area contributed by atoms with E-state index >= 15 is 0 Å². The Morgan fingerprint density at radius 1 is 1.14 bits per heavy atom. The van der Waals surface area contributed by atoms with Crippen LogP contribution in [0.15, 0.2) is 30.3 Å². The fraction of sp³-hybridized carbons (Fsp3) is 0.333. The van der Waals surface area contributed by atoms with Crippen LogP contribution in [-0.2, 0) is 21.7 Å². The fourth-order valence-corrected chi connectivity index (χ4v) is 1.94. The molecule has 0 bridgehead atoms. The van der Waals surface area contributed by atoms with E-state index in [1.165, 1.54) is 16.8 Å². The summed E-state index contributed by atoms with van der Waals surface area (Å²) in [6.45, 7) is 6.54. The third-order valence-electron chi connectivity index (χ3n) is 2.39. The molecule has 1 nitrogen and oxygen atoms in total. The average Bonchev–Trinajstić information content (AvgIpc) is 2.02. The van der Waals surface area contributed by atoms with Gasteiger partial charge < -0.3 is 5.32 Å². The van der Waals surface area contributed by atoms with E-state index in [0.29, 0.717) is 0 Å². The summed E-state index contributed by atoms with van der Waals surface area (Å²) in [6, 6.07) is 8.44. The van der Waals surface area contributed by atoms with Gasteiger partial charge in [0, 0.05) is 33.0 Å². The van der Waals surface area contributed by atoms with Crippen molar-refractivity contribution in [2.45, 2.75) is 26.3 Å². The van der Waals surface area contributed by atoms with Gasteiger partial charge in [-0.25, -0.2) is 0 Å². The number of benzene rings is 1. The summed E-state index contributed by atoms with van der Waals surface area (Å²) in [5.74, 6) is 0. The van der Waals surface area contributed by atoms with Crippen molar-refractivity contribution in [3.63, 3.8) is 0 Å². The molecular formula is C12H15NTi. The predicted molar refractivity (Wildman–Crippen MR) is 57.8 cm³/mol. The van der Waals surface area contributed by atoms with Crippen molar-refractivity contribution in [3.8, 4) is 0 Å². The van der Waals surface area contributed by atoms with Crippen molar-refractivity contribution in [3.05, 3.63) is 35.9 Å². The summed E-state index contributed by atoms with van der Waals surface area (Å²) >= 11 is 0. The third kappa shape index (κ3) is 2.10. The molecule has 0 amide bonds. The van der Waals surface area contributed by atoms with E-state index < -0.39 is 0 Å². The SMILES string of the molecule is CC1=CC(C)(C)Nc2ccccc21.[Ti]. The van der Waals surface area contributed by atoms with E-state index in [1.54, 1.807) is 0 Å². The predicted octanol–water partition coefficient (Wildman–Crippen LogP) is 3.29. The number of fused-ring (bicyclic) bond motifs is 1. The van der Waals surface area contributed by atoms with Gasteiger partial charge in [0.05, 0.1) is 5.54 Å². The standard InChI is InChI=1S/C12H15N.Ti/c1-9-8-12(2,3)13-11-7-5-4-6-10(9)11;/h4-8,13H,1-3H3;. The van der Waals surface area contributed by atoms with E-state index in [1.807, 2.05) is 0 Å². The molecule has 14 heavy (non-hydrogen) atoms. The fourth-order valence-electron chi connectivity index (χ4n) is 1.94. The van der Waals surface area contributed by atoms with Gasteiger partial charge in [0.15, 0.2) is 0 Å². The van der Waals surface area contributed by atoms with Gasteiger partial charge in [-0.05, 0) is 32.4 Å². The first-order chi connectivity index (χ1) is 6.08. The Kier molecular flexibility index (Phi) is 3.23. The van der Waals surface area contributed by atoms with Crippen molar-refractivity contribution in [2.24, 2.45) is 0 Å². The summed E-state index contributed by atoms with van der Waals surface area (Å²) in [5.41, 5.74) is 4.01.